The highest BCUT2D eigenvalue weighted by atomic mass is 79.9. The highest BCUT2D eigenvalue weighted by Gasteiger charge is 2.23. The molecule has 0 unspecified atom stereocenters. The standard InChI is InChI=1S/C14H15BrN4O2/c1-3-8-16-14-17-9(2)13(19(20)21)12(18-14)10-4-6-11(15)7-5-10/h4-7H,3,8H2,1-2H3,(H,16,17,18). The van der Waals surface area contributed by atoms with Gasteiger partial charge in [0, 0.05) is 16.6 Å². The highest BCUT2D eigenvalue weighted by molar-refractivity contribution is 9.10. The molecule has 0 aliphatic rings. The lowest BCUT2D eigenvalue weighted by atomic mass is 10.1. The Morgan fingerprint density at radius 1 is 1.29 bits per heavy atom. The van der Waals surface area contributed by atoms with Crippen molar-refractivity contribution in [2.75, 3.05) is 11.9 Å². The second-order valence-corrected chi connectivity index (χ2v) is 5.44. The summed E-state index contributed by atoms with van der Waals surface area (Å²) in [5.74, 6) is 0.415. The number of halogens is 1. The van der Waals surface area contributed by atoms with E-state index in [2.05, 4.69) is 31.2 Å². The van der Waals surface area contributed by atoms with Gasteiger partial charge < -0.3 is 5.32 Å². The van der Waals surface area contributed by atoms with E-state index in [0.717, 1.165) is 17.4 Å². The molecule has 1 aromatic carbocycles. The summed E-state index contributed by atoms with van der Waals surface area (Å²) in [6, 6.07) is 7.25. The van der Waals surface area contributed by atoms with Gasteiger partial charge in [0.15, 0.2) is 5.69 Å². The molecule has 110 valence electrons. The lowest BCUT2D eigenvalue weighted by Crippen LogP contribution is -2.08. The Kier molecular flexibility index (Phi) is 4.85. The van der Waals surface area contributed by atoms with E-state index in [-0.39, 0.29) is 5.69 Å². The van der Waals surface area contributed by atoms with Gasteiger partial charge in [-0.15, -0.1) is 0 Å². The second kappa shape index (κ2) is 6.62. The van der Waals surface area contributed by atoms with Crippen molar-refractivity contribution in [2.24, 2.45) is 0 Å². The molecule has 1 N–H and O–H groups in total. The lowest BCUT2D eigenvalue weighted by Gasteiger charge is -2.09. The van der Waals surface area contributed by atoms with Gasteiger partial charge in [-0.05, 0) is 25.5 Å². The van der Waals surface area contributed by atoms with Crippen LogP contribution in [0.25, 0.3) is 11.3 Å². The number of aromatic nitrogens is 2. The van der Waals surface area contributed by atoms with Gasteiger partial charge in [-0.25, -0.2) is 9.97 Å². The first-order valence-electron chi connectivity index (χ1n) is 6.55. The van der Waals surface area contributed by atoms with Crippen molar-refractivity contribution in [3.05, 3.63) is 44.5 Å². The van der Waals surface area contributed by atoms with E-state index < -0.39 is 4.92 Å². The lowest BCUT2D eigenvalue weighted by molar-refractivity contribution is -0.385. The van der Waals surface area contributed by atoms with Crippen LogP contribution >= 0.6 is 15.9 Å². The summed E-state index contributed by atoms with van der Waals surface area (Å²) < 4.78 is 0.906. The number of nitro groups is 1. The molecule has 1 heterocycles. The summed E-state index contributed by atoms with van der Waals surface area (Å²) in [5.41, 5.74) is 1.32. The van der Waals surface area contributed by atoms with Gasteiger partial charge in [0.1, 0.15) is 5.69 Å². The minimum atomic E-state index is -0.434. The smallest absolute Gasteiger partial charge is 0.316 e. The van der Waals surface area contributed by atoms with Gasteiger partial charge in [-0.1, -0.05) is 35.0 Å². The van der Waals surface area contributed by atoms with E-state index in [1.165, 1.54) is 0 Å². The first-order valence-corrected chi connectivity index (χ1v) is 7.35. The molecule has 6 nitrogen and oxygen atoms in total. The van der Waals surface area contributed by atoms with Crippen molar-refractivity contribution in [1.82, 2.24) is 9.97 Å². The normalized spacial score (nSPS) is 10.4. The molecule has 0 atom stereocenters. The minimum Gasteiger partial charge on any atom is -0.354 e. The summed E-state index contributed by atoms with van der Waals surface area (Å²) in [7, 11) is 0. The number of benzene rings is 1. The van der Waals surface area contributed by atoms with Crippen LogP contribution in [0.4, 0.5) is 11.6 Å². The van der Waals surface area contributed by atoms with Gasteiger partial charge in [0.2, 0.25) is 5.95 Å². The number of hydrogen-bond donors (Lipinski definition) is 1. The molecule has 0 saturated heterocycles. The van der Waals surface area contributed by atoms with E-state index in [1.54, 1.807) is 19.1 Å². The molecule has 0 aliphatic heterocycles. The summed E-state index contributed by atoms with van der Waals surface area (Å²) in [5, 5.41) is 14.4. The molecule has 7 heteroatoms. The Labute approximate surface area is 130 Å². The van der Waals surface area contributed by atoms with Crippen molar-refractivity contribution in [1.29, 1.82) is 0 Å². The Balaban J connectivity index is 2.56. The Morgan fingerprint density at radius 3 is 2.52 bits per heavy atom. The molecular formula is C14H15BrN4O2. The van der Waals surface area contributed by atoms with Gasteiger partial charge in [-0.3, -0.25) is 10.1 Å². The SMILES string of the molecule is CCCNc1nc(C)c([N+](=O)[O-])c(-c2ccc(Br)cc2)n1. The number of nitrogens with one attached hydrogen (secondary N) is 1. The third-order valence-electron chi connectivity index (χ3n) is 2.89. The summed E-state index contributed by atoms with van der Waals surface area (Å²) in [6.45, 7) is 4.37. The van der Waals surface area contributed by atoms with Gasteiger partial charge in [0.25, 0.3) is 0 Å². The molecule has 0 aliphatic carbocycles. The minimum absolute atomic E-state index is 0.0561. The average molecular weight is 351 g/mol. The van der Waals surface area contributed by atoms with Crippen LogP contribution in [-0.4, -0.2) is 21.4 Å². The average Bonchev–Trinajstić information content (AvgIpc) is 2.44. The molecule has 0 spiro atoms. The van der Waals surface area contributed by atoms with Crippen molar-refractivity contribution < 1.29 is 4.92 Å². The van der Waals surface area contributed by atoms with Crippen LogP contribution < -0.4 is 5.32 Å². The van der Waals surface area contributed by atoms with Gasteiger partial charge in [-0.2, -0.15) is 0 Å². The summed E-state index contributed by atoms with van der Waals surface area (Å²) in [6.07, 6.45) is 0.924. The Hall–Kier alpha value is -2.02. The molecule has 21 heavy (non-hydrogen) atoms. The Bertz CT molecular complexity index is 659. The number of hydrogen-bond acceptors (Lipinski definition) is 5. The third kappa shape index (κ3) is 3.55. The first-order chi connectivity index (χ1) is 10.0. The van der Waals surface area contributed by atoms with Crippen molar-refractivity contribution in [3.8, 4) is 11.3 Å². The number of rotatable bonds is 5. The fourth-order valence-corrected chi connectivity index (χ4v) is 2.17. The molecule has 0 bridgehead atoms. The second-order valence-electron chi connectivity index (χ2n) is 4.52. The fraction of sp³-hybridized carbons (Fsp3) is 0.286. The number of aryl methyl sites for hydroxylation is 1. The molecule has 2 rings (SSSR count). The van der Waals surface area contributed by atoms with Gasteiger partial charge >= 0.3 is 5.69 Å². The fourth-order valence-electron chi connectivity index (χ4n) is 1.91. The van der Waals surface area contributed by atoms with E-state index in [0.29, 0.717) is 22.9 Å². The Morgan fingerprint density at radius 2 is 1.95 bits per heavy atom. The zero-order valence-corrected chi connectivity index (χ0v) is 13.3. The maximum atomic E-state index is 11.3. The molecule has 1 aromatic heterocycles. The van der Waals surface area contributed by atoms with E-state index in [9.17, 15) is 10.1 Å². The van der Waals surface area contributed by atoms with Crippen LogP contribution in [0.2, 0.25) is 0 Å². The largest absolute Gasteiger partial charge is 0.354 e. The summed E-state index contributed by atoms with van der Waals surface area (Å²) in [4.78, 5) is 19.3. The van der Waals surface area contributed by atoms with Crippen LogP contribution in [0.3, 0.4) is 0 Å². The molecule has 0 fully saturated rings. The van der Waals surface area contributed by atoms with E-state index in [4.69, 9.17) is 0 Å². The van der Waals surface area contributed by atoms with Crippen LogP contribution in [0.15, 0.2) is 28.7 Å². The van der Waals surface area contributed by atoms with Crippen molar-refractivity contribution in [3.63, 3.8) is 0 Å². The predicted molar refractivity (Wildman–Crippen MR) is 85.3 cm³/mol. The quantitative estimate of drug-likeness (QED) is 0.652. The first kappa shape index (κ1) is 15.4. The topological polar surface area (TPSA) is 81.0 Å². The maximum Gasteiger partial charge on any atom is 0.316 e. The van der Waals surface area contributed by atoms with Crippen molar-refractivity contribution in [2.45, 2.75) is 20.3 Å². The van der Waals surface area contributed by atoms with Crippen molar-refractivity contribution >= 4 is 27.6 Å². The van der Waals surface area contributed by atoms with Crippen LogP contribution in [0, 0.1) is 17.0 Å². The predicted octanol–water partition coefficient (Wildman–Crippen LogP) is 3.94. The van der Waals surface area contributed by atoms with Crippen LogP contribution in [0.5, 0.6) is 0 Å². The zero-order valence-electron chi connectivity index (χ0n) is 11.8. The third-order valence-corrected chi connectivity index (χ3v) is 3.42. The zero-order chi connectivity index (χ0) is 15.4. The number of anilines is 1. The van der Waals surface area contributed by atoms with E-state index in [1.807, 2.05) is 19.1 Å². The molecule has 2 aromatic rings. The van der Waals surface area contributed by atoms with Gasteiger partial charge in [0.05, 0.1) is 4.92 Å². The molecule has 0 radical (unpaired) electrons. The summed E-state index contributed by atoms with van der Waals surface area (Å²) >= 11 is 3.35. The maximum absolute atomic E-state index is 11.3. The van der Waals surface area contributed by atoms with Crippen LogP contribution in [0.1, 0.15) is 19.0 Å². The highest BCUT2D eigenvalue weighted by Crippen LogP contribution is 2.31. The van der Waals surface area contributed by atoms with E-state index >= 15 is 0 Å². The molecule has 0 saturated carbocycles. The molecular weight excluding hydrogens is 336 g/mol. The molecule has 0 amide bonds. The number of nitrogens with zero attached hydrogens (tertiary/aromatic N) is 3. The van der Waals surface area contributed by atoms with Crippen LogP contribution in [-0.2, 0) is 0 Å². The monoisotopic (exact) mass is 350 g/mol.